The second-order valence-electron chi connectivity index (χ2n) is 30.4. The maximum absolute atomic E-state index is 17.5. The van der Waals surface area contributed by atoms with Crippen molar-refractivity contribution in [3.63, 3.8) is 0 Å². The number of aliphatic hydroxyl groups is 4. The zero-order valence-electron chi connectivity index (χ0n) is 50.0. The lowest BCUT2D eigenvalue weighted by Crippen LogP contribution is -2.87. The lowest BCUT2D eigenvalue weighted by atomic mass is 9.23. The summed E-state index contributed by atoms with van der Waals surface area (Å²) in [5, 5.41) is 93.5. The van der Waals surface area contributed by atoms with E-state index in [2.05, 4.69) is 71.5 Å². The smallest absolute Gasteiger partial charge is 0.160 e. The number of benzene rings is 4. The number of carbonyl (C=O) groups excluding carboxylic acids is 1. The van der Waals surface area contributed by atoms with Gasteiger partial charge in [-0.3, -0.25) is 4.79 Å². The number of aryl methyl sites for hydroxylation is 1. The van der Waals surface area contributed by atoms with Crippen molar-refractivity contribution in [2.24, 2.45) is 58.2 Å². The number of methoxy groups -OCH3 is 1. The number of fused-ring (bicyclic) bond motifs is 5. The number of nitrogens with one attached hydrogen (secondary N) is 1. The fourth-order valence-electron chi connectivity index (χ4n) is 24.5. The summed E-state index contributed by atoms with van der Waals surface area (Å²) in [7, 11) is 1.52. The normalized spacial score (nSPS) is 41.9. The molecule has 18 aliphatic rings. The van der Waals surface area contributed by atoms with E-state index in [4.69, 9.17) is 4.74 Å². The third-order valence-corrected chi connectivity index (χ3v) is 27.5. The molecule has 10 nitrogen and oxygen atoms in total. The molecule has 0 aromatic heterocycles. The summed E-state index contributed by atoms with van der Waals surface area (Å²) < 4.78 is 5.84. The summed E-state index contributed by atoms with van der Waals surface area (Å²) >= 11 is 0. The third kappa shape index (κ3) is 6.80. The summed E-state index contributed by atoms with van der Waals surface area (Å²) in [6.45, 7) is -0.394. The number of hydrogen-bond donors (Lipinski definition) is 8. The van der Waals surface area contributed by atoms with Crippen LogP contribution in [0.3, 0.4) is 0 Å². The Kier molecular flexibility index (Phi) is 11.5. The van der Waals surface area contributed by atoms with Gasteiger partial charge in [0.2, 0.25) is 0 Å². The van der Waals surface area contributed by atoms with E-state index < -0.39 is 82.3 Å². The van der Waals surface area contributed by atoms with Crippen LogP contribution >= 0.6 is 0 Å². The van der Waals surface area contributed by atoms with Gasteiger partial charge in [0.05, 0.1) is 43.4 Å². The number of hydrogen-bond acceptors (Lipinski definition) is 10. The molecule has 4 aromatic carbocycles. The minimum atomic E-state index is -1.71. The Labute approximate surface area is 510 Å². The zero-order chi connectivity index (χ0) is 58.9. The Hall–Kier alpha value is -6.11. The molecule has 1 aliphatic heterocycles. The first-order chi connectivity index (χ1) is 42.2. The first-order valence-electron chi connectivity index (χ1n) is 33.5. The lowest BCUT2D eigenvalue weighted by molar-refractivity contribution is -0.261. The summed E-state index contributed by atoms with van der Waals surface area (Å²) in [4.78, 5) is 17.5. The molecular weight excluding hydrogens is 1080 g/mol. The number of carbonyl (C=O) groups is 1. The van der Waals surface area contributed by atoms with E-state index in [0.29, 0.717) is 62.0 Å². The number of aliphatic hydroxyl groups excluding tert-OH is 3. The van der Waals surface area contributed by atoms with Gasteiger partial charge >= 0.3 is 0 Å². The molecule has 0 radical (unpaired) electrons. The lowest BCUT2D eigenvalue weighted by Gasteiger charge is -2.82. The second-order valence-corrected chi connectivity index (χ2v) is 30.4. The molecule has 17 bridgehead atoms. The maximum Gasteiger partial charge on any atom is 0.160 e. The number of phenols is 3. The van der Waals surface area contributed by atoms with Crippen molar-refractivity contribution >= 4 is 5.78 Å². The minimum Gasteiger partial charge on any atom is -0.504 e. The molecule has 22 rings (SSSR count). The van der Waals surface area contributed by atoms with Crippen LogP contribution in [0.15, 0.2) is 102 Å². The highest BCUT2D eigenvalue weighted by atomic mass is 16.5. The first kappa shape index (κ1) is 53.9. The van der Waals surface area contributed by atoms with Crippen molar-refractivity contribution in [1.29, 1.82) is 0 Å². The molecule has 4 aromatic rings. The average molecular weight is 1160 g/mol. The van der Waals surface area contributed by atoms with E-state index in [1.54, 1.807) is 12.1 Å². The molecular formula is C77H81NO9. The fourth-order valence-corrected chi connectivity index (χ4v) is 24.5. The first-order valence-corrected chi connectivity index (χ1v) is 33.5. The molecule has 87 heavy (non-hydrogen) atoms. The van der Waals surface area contributed by atoms with Gasteiger partial charge in [0.1, 0.15) is 5.78 Å². The number of ketones is 1. The minimum absolute atomic E-state index is 0.00294. The Bertz CT molecular complexity index is 3910. The largest absolute Gasteiger partial charge is 0.504 e. The van der Waals surface area contributed by atoms with Crippen LogP contribution in [0.4, 0.5) is 0 Å². The van der Waals surface area contributed by atoms with E-state index in [1.807, 2.05) is 30.3 Å². The standard InChI is InChI=1S/C77H81NO9/c1-87-68-35-53(46(39-79)30-67(68)85)52-32-64(82)60-29-45-27-48-25-43-16-18-62(80)51(70(43)45)13-8-14-61-50(17-15-42(52)24-41-10-4-2-5-11-41)71-76(60,86)23-22-74(78-61)38-49-26-44-28-59(72(48)19-6-3-7-20-72)63(81)33-54(44)57-31-47-12-9-21-73(47)40-75(49,57)69-37-56(73)55-34-65(83)66(84)36-58(55)77(69,71)74/h2,4-5,10-11,25-28,30-31,34-36,42,47,49-52,54,56,60-63,69,71,78-81,83-86H,3,6-7,9,12,14,16,18-24,29,32-33,37-40H2,1H3. The van der Waals surface area contributed by atoms with Gasteiger partial charge in [0.25, 0.3) is 0 Å². The van der Waals surface area contributed by atoms with Gasteiger partial charge < -0.3 is 45.8 Å². The van der Waals surface area contributed by atoms with Crippen LogP contribution < -0.4 is 10.1 Å². The van der Waals surface area contributed by atoms with E-state index in [1.165, 1.54) is 18.3 Å². The van der Waals surface area contributed by atoms with Gasteiger partial charge in [-0.2, -0.15) is 0 Å². The maximum atomic E-state index is 17.5. The predicted molar refractivity (Wildman–Crippen MR) is 329 cm³/mol. The van der Waals surface area contributed by atoms with Crippen LogP contribution in [0.2, 0.25) is 0 Å². The molecule has 19 atom stereocenters. The monoisotopic (exact) mass is 1160 g/mol. The molecule has 8 N–H and O–H groups in total. The van der Waals surface area contributed by atoms with Crippen molar-refractivity contribution in [3.8, 4) is 46.7 Å². The summed E-state index contributed by atoms with van der Waals surface area (Å²) in [6.07, 6.45) is 21.1. The molecule has 448 valence electrons. The van der Waals surface area contributed by atoms with Crippen molar-refractivity contribution < 1.29 is 45.3 Å². The summed E-state index contributed by atoms with van der Waals surface area (Å²) in [6, 6.07) is 21.9. The van der Waals surface area contributed by atoms with E-state index in [9.17, 15) is 30.6 Å². The van der Waals surface area contributed by atoms with Gasteiger partial charge in [-0.1, -0.05) is 110 Å². The highest BCUT2D eigenvalue weighted by Crippen LogP contribution is 2.85. The molecule has 5 spiro atoms. The van der Waals surface area contributed by atoms with Crippen LogP contribution in [0.1, 0.15) is 177 Å². The Balaban J connectivity index is 1.00. The van der Waals surface area contributed by atoms with Crippen LogP contribution in [-0.2, 0) is 41.5 Å². The number of rotatable bonds is 5. The van der Waals surface area contributed by atoms with E-state index in [0.717, 1.165) is 115 Å². The quantitative estimate of drug-likeness (QED) is 0.0545. The molecule has 5 saturated carbocycles. The summed E-state index contributed by atoms with van der Waals surface area (Å²) in [5.41, 5.74) is 8.14. The van der Waals surface area contributed by atoms with Gasteiger partial charge in [-0.25, -0.2) is 0 Å². The highest BCUT2D eigenvalue weighted by molar-refractivity contribution is 5.84. The van der Waals surface area contributed by atoms with Crippen LogP contribution in [0.25, 0.3) is 0 Å². The number of aromatic hydroxyl groups is 3. The van der Waals surface area contributed by atoms with E-state index >= 15 is 9.90 Å². The molecule has 1 heterocycles. The van der Waals surface area contributed by atoms with Crippen molar-refractivity contribution in [3.05, 3.63) is 152 Å². The molecule has 19 unspecified atom stereocenters. The highest BCUT2D eigenvalue weighted by Gasteiger charge is 2.84. The molecule has 0 amide bonds. The number of Topliss-reactive ketones (excluding diaryl/α,β-unsaturated/α-hetero) is 1. The number of allylic oxidation sites excluding steroid dienone is 5. The average Bonchev–Trinajstić information content (AvgIpc) is 1.21. The van der Waals surface area contributed by atoms with Crippen molar-refractivity contribution in [2.75, 3.05) is 7.11 Å². The van der Waals surface area contributed by atoms with Gasteiger partial charge in [-0.05, 0) is 204 Å². The van der Waals surface area contributed by atoms with Crippen molar-refractivity contribution in [2.45, 2.75) is 193 Å². The second kappa shape index (κ2) is 18.5. The molecule has 6 fully saturated rings. The Morgan fingerprint density at radius 1 is 0.782 bits per heavy atom. The SMILES string of the molecule is COc1cc(C2CC(=O)C3Cc4cc5cc6c4C(C#CCC4NC78CCC3(O)C(C4C#CC2Cc2ccccc2)C72c3cc(O)c(O)cc3C3CC2C24CC37CCCC7C=C2C2CC(O)C(=CC2=CC4C8)C52CCCCC2)C(O)CC6)c(CO)cc1O. The number of ether oxygens (including phenoxy) is 1. The fraction of sp³-hybridized carbons (Fsp3) is 0.545. The van der Waals surface area contributed by atoms with Gasteiger partial charge in [0.15, 0.2) is 23.0 Å². The molecule has 1 saturated heterocycles. The molecule has 10 heteroatoms. The molecule has 17 aliphatic carbocycles. The van der Waals surface area contributed by atoms with Crippen LogP contribution in [0.5, 0.6) is 23.0 Å². The van der Waals surface area contributed by atoms with Gasteiger partial charge in [-0.15, -0.1) is 5.92 Å². The van der Waals surface area contributed by atoms with Crippen LogP contribution in [0, 0.1) is 81.9 Å². The zero-order valence-corrected chi connectivity index (χ0v) is 50.0. The topological polar surface area (TPSA) is 180 Å². The van der Waals surface area contributed by atoms with Crippen molar-refractivity contribution in [1.82, 2.24) is 5.32 Å². The Morgan fingerprint density at radius 3 is 2.44 bits per heavy atom. The Morgan fingerprint density at radius 2 is 1.61 bits per heavy atom. The third-order valence-electron chi connectivity index (χ3n) is 27.5. The van der Waals surface area contributed by atoms with Gasteiger partial charge in [0, 0.05) is 70.3 Å². The van der Waals surface area contributed by atoms with E-state index in [-0.39, 0.29) is 76.1 Å². The number of piperidine rings is 1. The number of phenolic OH excluding ortho intramolecular Hbond substituents is 3. The van der Waals surface area contributed by atoms with Crippen LogP contribution in [-0.4, -0.2) is 78.0 Å². The predicted octanol–water partition coefficient (Wildman–Crippen LogP) is 11.0. The summed E-state index contributed by atoms with van der Waals surface area (Å²) in [5.74, 6) is 12.0.